The van der Waals surface area contributed by atoms with Crippen molar-refractivity contribution in [1.82, 2.24) is 0 Å². The molecule has 0 radical (unpaired) electrons. The van der Waals surface area contributed by atoms with Crippen LogP contribution in [0.25, 0.3) is 0 Å². The maximum absolute atomic E-state index is 13.5. The number of rotatable bonds is 3. The van der Waals surface area contributed by atoms with Crippen molar-refractivity contribution in [1.29, 1.82) is 0 Å². The maximum Gasteiger partial charge on any atom is 0.327 e. The first-order chi connectivity index (χ1) is 8.99. The Bertz CT molecular complexity index is 650. The predicted octanol–water partition coefficient (Wildman–Crippen LogP) is 5.00. The molecule has 1 N–H and O–H groups in total. The maximum atomic E-state index is 13.5. The van der Waals surface area contributed by atoms with Crippen molar-refractivity contribution in [3.05, 3.63) is 61.3 Å². The van der Waals surface area contributed by atoms with Crippen molar-refractivity contribution in [2.45, 2.75) is 0 Å². The van der Waals surface area contributed by atoms with E-state index in [9.17, 15) is 14.5 Å². The number of nitro benzene ring substituents is 1. The van der Waals surface area contributed by atoms with E-state index >= 15 is 0 Å². The van der Waals surface area contributed by atoms with Gasteiger partial charge in [0.2, 0.25) is 5.82 Å². The second-order valence-corrected chi connectivity index (χ2v) is 5.41. The van der Waals surface area contributed by atoms with Crippen LogP contribution in [0.5, 0.6) is 0 Å². The Morgan fingerprint density at radius 3 is 2.58 bits per heavy atom. The Labute approximate surface area is 125 Å². The van der Waals surface area contributed by atoms with Crippen LogP contribution in [0.1, 0.15) is 0 Å². The Hall–Kier alpha value is -1.47. The lowest BCUT2D eigenvalue weighted by Gasteiger charge is -2.09. The van der Waals surface area contributed by atoms with Crippen LogP contribution in [0.2, 0.25) is 0 Å². The molecule has 2 aromatic carbocycles. The van der Waals surface area contributed by atoms with Gasteiger partial charge in [-0.2, -0.15) is 4.39 Å². The minimum Gasteiger partial charge on any atom is -0.349 e. The number of halogens is 3. The molecule has 98 valence electrons. The van der Waals surface area contributed by atoms with Gasteiger partial charge in [-0.1, -0.05) is 22.0 Å². The number of anilines is 2. The zero-order chi connectivity index (χ0) is 14.0. The van der Waals surface area contributed by atoms with E-state index in [-0.39, 0.29) is 5.69 Å². The van der Waals surface area contributed by atoms with E-state index in [1.54, 1.807) is 12.1 Å². The number of nitro groups is 1. The summed E-state index contributed by atoms with van der Waals surface area (Å²) in [5.74, 6) is -0.874. The molecule has 0 fully saturated rings. The number of benzene rings is 2. The van der Waals surface area contributed by atoms with Gasteiger partial charge in [0.15, 0.2) is 0 Å². The van der Waals surface area contributed by atoms with Crippen LogP contribution in [0.3, 0.4) is 0 Å². The molecule has 0 saturated heterocycles. The topological polar surface area (TPSA) is 55.2 Å². The molecule has 0 bridgehead atoms. The Balaban J connectivity index is 2.46. The Morgan fingerprint density at radius 2 is 1.89 bits per heavy atom. The summed E-state index contributed by atoms with van der Waals surface area (Å²) in [5.41, 5.74) is 0.126. The number of nitrogens with one attached hydrogen (secondary N) is 1. The van der Waals surface area contributed by atoms with Gasteiger partial charge in [-0.25, -0.2) is 0 Å². The largest absolute Gasteiger partial charge is 0.349 e. The molecule has 0 aromatic heterocycles. The van der Waals surface area contributed by atoms with E-state index in [1.807, 2.05) is 6.07 Å². The monoisotopic (exact) mass is 388 g/mol. The van der Waals surface area contributed by atoms with Gasteiger partial charge in [-0.15, -0.1) is 0 Å². The smallest absolute Gasteiger partial charge is 0.327 e. The summed E-state index contributed by atoms with van der Waals surface area (Å²) in [6.07, 6.45) is 0. The van der Waals surface area contributed by atoms with Gasteiger partial charge in [-0.3, -0.25) is 10.1 Å². The number of nitrogens with zero attached hydrogens (tertiary/aromatic N) is 1. The summed E-state index contributed by atoms with van der Waals surface area (Å²) < 4.78 is 15.0. The van der Waals surface area contributed by atoms with Crippen LogP contribution in [-0.4, -0.2) is 4.92 Å². The molecule has 4 nitrogen and oxygen atoms in total. The lowest BCUT2D eigenvalue weighted by molar-refractivity contribution is -0.386. The zero-order valence-electron chi connectivity index (χ0n) is 9.36. The van der Waals surface area contributed by atoms with Crippen molar-refractivity contribution in [3.63, 3.8) is 0 Å². The minimum atomic E-state index is -0.874. The summed E-state index contributed by atoms with van der Waals surface area (Å²) >= 11 is 6.62. The SMILES string of the molecule is O=[N+]([O-])c1c(F)cccc1Nc1cc(Br)ccc1Br. The molecule has 2 rings (SSSR count). The molecule has 0 heterocycles. The molecule has 2 aromatic rings. The quantitative estimate of drug-likeness (QED) is 0.593. The molecule has 0 aliphatic carbocycles. The highest BCUT2D eigenvalue weighted by molar-refractivity contribution is 9.11. The van der Waals surface area contributed by atoms with Crippen LogP contribution in [0.4, 0.5) is 21.5 Å². The molecule has 0 unspecified atom stereocenters. The van der Waals surface area contributed by atoms with Crippen LogP contribution in [-0.2, 0) is 0 Å². The molecule has 0 aliphatic rings. The molecule has 7 heteroatoms. The van der Waals surface area contributed by atoms with E-state index in [2.05, 4.69) is 37.2 Å². The van der Waals surface area contributed by atoms with Gasteiger partial charge < -0.3 is 5.32 Å². The molecular formula is C12H7Br2FN2O2. The molecule has 0 spiro atoms. The highest BCUT2D eigenvalue weighted by atomic mass is 79.9. The van der Waals surface area contributed by atoms with E-state index in [0.717, 1.165) is 10.5 Å². The second-order valence-electron chi connectivity index (χ2n) is 3.64. The molecule has 0 amide bonds. The number of hydrogen-bond acceptors (Lipinski definition) is 3. The fourth-order valence-electron chi connectivity index (χ4n) is 1.54. The summed E-state index contributed by atoms with van der Waals surface area (Å²) in [7, 11) is 0. The van der Waals surface area contributed by atoms with Gasteiger partial charge >= 0.3 is 5.69 Å². The number of hydrogen-bond donors (Lipinski definition) is 1. The molecule has 0 saturated carbocycles. The molecule has 0 atom stereocenters. The summed E-state index contributed by atoms with van der Waals surface area (Å²) in [4.78, 5) is 10.1. The average Bonchev–Trinajstić information content (AvgIpc) is 2.33. The Morgan fingerprint density at radius 1 is 1.16 bits per heavy atom. The molecule has 0 aliphatic heterocycles. The van der Waals surface area contributed by atoms with E-state index in [1.165, 1.54) is 12.1 Å². The second kappa shape index (κ2) is 5.66. The van der Waals surface area contributed by atoms with E-state index in [0.29, 0.717) is 10.2 Å². The third kappa shape index (κ3) is 3.10. The fourth-order valence-corrected chi connectivity index (χ4v) is 2.25. The fraction of sp³-hybridized carbons (Fsp3) is 0. The van der Waals surface area contributed by atoms with Gasteiger partial charge in [0, 0.05) is 8.95 Å². The van der Waals surface area contributed by atoms with Crippen molar-refractivity contribution < 1.29 is 9.31 Å². The van der Waals surface area contributed by atoms with Crippen LogP contribution < -0.4 is 5.32 Å². The third-order valence-electron chi connectivity index (χ3n) is 2.37. The van der Waals surface area contributed by atoms with Crippen molar-refractivity contribution in [2.24, 2.45) is 0 Å². The van der Waals surface area contributed by atoms with Crippen molar-refractivity contribution in [3.8, 4) is 0 Å². The highest BCUT2D eigenvalue weighted by Gasteiger charge is 2.20. The first-order valence-electron chi connectivity index (χ1n) is 5.14. The average molecular weight is 390 g/mol. The van der Waals surface area contributed by atoms with Gasteiger partial charge in [0.05, 0.1) is 10.6 Å². The van der Waals surface area contributed by atoms with E-state index < -0.39 is 16.4 Å². The van der Waals surface area contributed by atoms with Crippen molar-refractivity contribution >= 4 is 48.9 Å². The van der Waals surface area contributed by atoms with Crippen LogP contribution in [0.15, 0.2) is 45.3 Å². The zero-order valence-corrected chi connectivity index (χ0v) is 12.5. The first kappa shape index (κ1) is 14.0. The summed E-state index contributed by atoms with van der Waals surface area (Å²) in [6.45, 7) is 0. The van der Waals surface area contributed by atoms with Gasteiger partial charge in [0.25, 0.3) is 0 Å². The standard InChI is InChI=1S/C12H7Br2FN2O2/c13-7-4-5-8(14)11(6-7)16-10-3-1-2-9(15)12(10)17(18)19/h1-6,16H. The van der Waals surface area contributed by atoms with Gasteiger partial charge in [-0.05, 0) is 46.3 Å². The van der Waals surface area contributed by atoms with Crippen LogP contribution >= 0.6 is 31.9 Å². The van der Waals surface area contributed by atoms with E-state index in [4.69, 9.17) is 0 Å². The first-order valence-corrected chi connectivity index (χ1v) is 6.72. The third-order valence-corrected chi connectivity index (χ3v) is 3.55. The summed E-state index contributed by atoms with van der Waals surface area (Å²) in [5, 5.41) is 13.7. The number of para-hydroxylation sites is 1. The highest BCUT2D eigenvalue weighted by Crippen LogP contribution is 2.34. The summed E-state index contributed by atoms with van der Waals surface area (Å²) in [6, 6.07) is 9.25. The Kier molecular flexibility index (Phi) is 4.16. The minimum absolute atomic E-state index is 0.101. The molecular weight excluding hydrogens is 383 g/mol. The lowest BCUT2D eigenvalue weighted by Crippen LogP contribution is -2.00. The van der Waals surface area contributed by atoms with Crippen molar-refractivity contribution in [2.75, 3.05) is 5.32 Å². The predicted molar refractivity (Wildman–Crippen MR) is 78.2 cm³/mol. The molecule has 19 heavy (non-hydrogen) atoms. The lowest BCUT2D eigenvalue weighted by atomic mass is 10.2. The van der Waals surface area contributed by atoms with Gasteiger partial charge in [0.1, 0.15) is 5.69 Å². The normalized spacial score (nSPS) is 10.3. The van der Waals surface area contributed by atoms with Crippen LogP contribution in [0, 0.1) is 15.9 Å².